The normalized spacial score (nSPS) is 13.5. The maximum absolute atomic E-state index is 6.42. The SMILES string of the molecule is CCCc1ccc(Oc2c(C(C)CC)cccc2C(C)CC)cc1. The van der Waals surface area contributed by atoms with Gasteiger partial charge in [0.25, 0.3) is 0 Å². The average Bonchev–Trinajstić information content (AvgIpc) is 2.62. The molecule has 2 unspecified atom stereocenters. The van der Waals surface area contributed by atoms with Crippen LogP contribution in [0.4, 0.5) is 0 Å². The maximum atomic E-state index is 6.42. The lowest BCUT2D eigenvalue weighted by atomic mass is 9.90. The molecule has 130 valence electrons. The van der Waals surface area contributed by atoms with E-state index in [1.165, 1.54) is 23.1 Å². The van der Waals surface area contributed by atoms with E-state index >= 15 is 0 Å². The number of rotatable bonds is 8. The van der Waals surface area contributed by atoms with Gasteiger partial charge in [-0.05, 0) is 59.9 Å². The minimum atomic E-state index is 0.503. The average molecular weight is 325 g/mol. The van der Waals surface area contributed by atoms with E-state index in [1.807, 2.05) is 0 Å². The second kappa shape index (κ2) is 8.92. The van der Waals surface area contributed by atoms with Gasteiger partial charge in [-0.2, -0.15) is 0 Å². The highest BCUT2D eigenvalue weighted by molar-refractivity contribution is 5.47. The number of hydrogen-bond donors (Lipinski definition) is 0. The van der Waals surface area contributed by atoms with Crippen LogP contribution >= 0.6 is 0 Å². The first kappa shape index (κ1) is 18.6. The van der Waals surface area contributed by atoms with E-state index in [2.05, 4.69) is 77.1 Å². The van der Waals surface area contributed by atoms with Gasteiger partial charge < -0.3 is 4.74 Å². The predicted molar refractivity (Wildman–Crippen MR) is 104 cm³/mol. The highest BCUT2D eigenvalue weighted by Gasteiger charge is 2.18. The van der Waals surface area contributed by atoms with Crippen LogP contribution in [0.15, 0.2) is 42.5 Å². The summed E-state index contributed by atoms with van der Waals surface area (Å²) < 4.78 is 6.42. The van der Waals surface area contributed by atoms with Crippen molar-refractivity contribution in [1.82, 2.24) is 0 Å². The Morgan fingerprint density at radius 2 is 1.33 bits per heavy atom. The molecule has 0 spiro atoms. The third kappa shape index (κ3) is 4.41. The van der Waals surface area contributed by atoms with E-state index in [4.69, 9.17) is 4.74 Å². The van der Waals surface area contributed by atoms with Gasteiger partial charge in [-0.3, -0.25) is 0 Å². The minimum absolute atomic E-state index is 0.503. The highest BCUT2D eigenvalue weighted by atomic mass is 16.5. The summed E-state index contributed by atoms with van der Waals surface area (Å²) in [5.41, 5.74) is 4.03. The number of benzene rings is 2. The van der Waals surface area contributed by atoms with Gasteiger partial charge in [0.15, 0.2) is 0 Å². The van der Waals surface area contributed by atoms with Gasteiger partial charge >= 0.3 is 0 Å². The Bertz CT molecular complexity index is 599. The van der Waals surface area contributed by atoms with Crippen LogP contribution in [0.25, 0.3) is 0 Å². The fourth-order valence-corrected chi connectivity index (χ4v) is 3.04. The zero-order valence-electron chi connectivity index (χ0n) is 15.9. The van der Waals surface area contributed by atoms with Crippen molar-refractivity contribution in [3.8, 4) is 11.5 Å². The molecule has 1 nitrogen and oxygen atoms in total. The van der Waals surface area contributed by atoms with Gasteiger partial charge in [0.2, 0.25) is 0 Å². The topological polar surface area (TPSA) is 9.23 Å². The molecule has 24 heavy (non-hydrogen) atoms. The Balaban J connectivity index is 2.38. The number of aryl methyl sites for hydroxylation is 1. The van der Waals surface area contributed by atoms with Crippen molar-refractivity contribution in [2.75, 3.05) is 0 Å². The summed E-state index contributed by atoms with van der Waals surface area (Å²) in [6, 6.07) is 15.2. The highest BCUT2D eigenvalue weighted by Crippen LogP contribution is 2.39. The molecule has 0 saturated heterocycles. The van der Waals surface area contributed by atoms with Gasteiger partial charge in [0, 0.05) is 0 Å². The molecule has 0 aromatic heterocycles. The summed E-state index contributed by atoms with van der Waals surface area (Å²) in [7, 11) is 0. The molecule has 1 heteroatoms. The van der Waals surface area contributed by atoms with Gasteiger partial charge in [-0.15, -0.1) is 0 Å². The van der Waals surface area contributed by atoms with Gasteiger partial charge in [-0.25, -0.2) is 0 Å². The Labute approximate surface area is 148 Å². The van der Waals surface area contributed by atoms with Crippen LogP contribution in [-0.2, 0) is 6.42 Å². The van der Waals surface area contributed by atoms with E-state index < -0.39 is 0 Å². The van der Waals surface area contributed by atoms with Gasteiger partial charge in [-0.1, -0.05) is 71.4 Å². The Morgan fingerprint density at radius 3 is 1.79 bits per heavy atom. The van der Waals surface area contributed by atoms with Gasteiger partial charge in [0.1, 0.15) is 11.5 Å². The molecule has 0 bridgehead atoms. The van der Waals surface area contributed by atoms with Crippen LogP contribution in [0.2, 0.25) is 0 Å². The van der Waals surface area contributed by atoms with Crippen LogP contribution in [0.1, 0.15) is 82.4 Å². The summed E-state index contributed by atoms with van der Waals surface area (Å²) in [4.78, 5) is 0. The van der Waals surface area contributed by atoms with Crippen molar-refractivity contribution in [3.63, 3.8) is 0 Å². The molecule has 0 saturated carbocycles. The standard InChI is InChI=1S/C23H32O/c1-6-10-19-13-15-20(16-14-19)24-23-21(17(4)7-2)11-9-12-22(23)18(5)8-3/h9,11-18H,6-8,10H2,1-5H3. The molecule has 2 aromatic rings. The molecule has 2 rings (SSSR count). The van der Waals surface area contributed by atoms with Crippen molar-refractivity contribution in [2.45, 2.75) is 72.1 Å². The lowest BCUT2D eigenvalue weighted by molar-refractivity contribution is 0.458. The van der Waals surface area contributed by atoms with E-state index in [0.29, 0.717) is 11.8 Å². The van der Waals surface area contributed by atoms with Gasteiger partial charge in [0.05, 0.1) is 0 Å². The third-order valence-electron chi connectivity index (χ3n) is 5.04. The Morgan fingerprint density at radius 1 is 0.792 bits per heavy atom. The third-order valence-corrected chi connectivity index (χ3v) is 5.04. The van der Waals surface area contributed by atoms with Crippen LogP contribution < -0.4 is 4.74 Å². The summed E-state index contributed by atoms with van der Waals surface area (Å²) in [6.07, 6.45) is 4.54. The zero-order chi connectivity index (χ0) is 17.5. The second-order valence-corrected chi connectivity index (χ2v) is 6.88. The van der Waals surface area contributed by atoms with E-state index in [1.54, 1.807) is 0 Å². The molecule has 0 N–H and O–H groups in total. The number of para-hydroxylation sites is 1. The predicted octanol–water partition coefficient (Wildman–Crippen LogP) is 7.46. The summed E-state index contributed by atoms with van der Waals surface area (Å²) >= 11 is 0. The molecule has 2 aromatic carbocycles. The fourth-order valence-electron chi connectivity index (χ4n) is 3.04. The molecular formula is C23H32O. The summed E-state index contributed by atoms with van der Waals surface area (Å²) in [5.74, 6) is 3.02. The molecule has 0 aliphatic carbocycles. The smallest absolute Gasteiger partial charge is 0.134 e. The largest absolute Gasteiger partial charge is 0.457 e. The van der Waals surface area contributed by atoms with Crippen LogP contribution in [0.5, 0.6) is 11.5 Å². The van der Waals surface area contributed by atoms with Crippen molar-refractivity contribution in [1.29, 1.82) is 0 Å². The minimum Gasteiger partial charge on any atom is -0.457 e. The second-order valence-electron chi connectivity index (χ2n) is 6.88. The van der Waals surface area contributed by atoms with Crippen molar-refractivity contribution < 1.29 is 4.74 Å². The summed E-state index contributed by atoms with van der Waals surface area (Å²) in [5, 5.41) is 0. The van der Waals surface area contributed by atoms with Crippen LogP contribution in [-0.4, -0.2) is 0 Å². The molecule has 0 aliphatic heterocycles. The lowest BCUT2D eigenvalue weighted by Gasteiger charge is -2.22. The monoisotopic (exact) mass is 324 g/mol. The molecule has 2 atom stereocenters. The van der Waals surface area contributed by atoms with Crippen LogP contribution in [0, 0.1) is 0 Å². The first-order chi connectivity index (χ1) is 11.6. The molecular weight excluding hydrogens is 292 g/mol. The Hall–Kier alpha value is -1.76. The zero-order valence-corrected chi connectivity index (χ0v) is 15.9. The summed E-state index contributed by atoms with van der Waals surface area (Å²) in [6.45, 7) is 11.3. The fraction of sp³-hybridized carbons (Fsp3) is 0.478. The first-order valence-corrected chi connectivity index (χ1v) is 9.50. The van der Waals surface area contributed by atoms with E-state index in [9.17, 15) is 0 Å². The molecule has 0 aliphatic rings. The molecule has 0 heterocycles. The molecule has 0 amide bonds. The van der Waals surface area contributed by atoms with Crippen molar-refractivity contribution >= 4 is 0 Å². The number of hydrogen-bond acceptors (Lipinski definition) is 1. The maximum Gasteiger partial charge on any atom is 0.134 e. The van der Waals surface area contributed by atoms with Crippen molar-refractivity contribution in [2.24, 2.45) is 0 Å². The Kier molecular flexibility index (Phi) is 6.90. The van der Waals surface area contributed by atoms with Crippen molar-refractivity contribution in [3.05, 3.63) is 59.2 Å². The van der Waals surface area contributed by atoms with Crippen LogP contribution in [0.3, 0.4) is 0 Å². The number of ether oxygens (including phenoxy) is 1. The molecule has 0 fully saturated rings. The van der Waals surface area contributed by atoms with E-state index in [0.717, 1.165) is 30.8 Å². The lowest BCUT2D eigenvalue weighted by Crippen LogP contribution is -2.02. The quantitative estimate of drug-likeness (QED) is 0.489. The van der Waals surface area contributed by atoms with E-state index in [-0.39, 0.29) is 0 Å². The molecule has 0 radical (unpaired) electrons. The first-order valence-electron chi connectivity index (χ1n) is 9.50.